The van der Waals surface area contributed by atoms with Crippen LogP contribution in [0.15, 0.2) is 83.3 Å². The van der Waals surface area contributed by atoms with E-state index in [1.807, 2.05) is 30.3 Å². The quantitative estimate of drug-likeness (QED) is 0.501. The minimum atomic E-state index is -1.07. The summed E-state index contributed by atoms with van der Waals surface area (Å²) in [7, 11) is 0. The van der Waals surface area contributed by atoms with Crippen LogP contribution < -0.4 is 4.90 Å². The molecule has 0 radical (unpaired) electrons. The Morgan fingerprint density at radius 1 is 0.800 bits per heavy atom. The van der Waals surface area contributed by atoms with Crippen LogP contribution in [0.4, 0.5) is 5.69 Å². The topological polar surface area (TPSA) is 26.5 Å². The molecule has 0 spiro atoms. The van der Waals surface area contributed by atoms with Crippen molar-refractivity contribution in [2.24, 2.45) is 0 Å². The minimum absolute atomic E-state index is 0.602. The van der Waals surface area contributed by atoms with E-state index in [2.05, 4.69) is 73.9 Å². The first-order valence-corrected chi connectivity index (χ1v) is 11.5. The molecule has 1 N–H and O–H groups in total. The Kier molecular flexibility index (Phi) is 5.21. The number of halogens is 1. The van der Waals surface area contributed by atoms with E-state index >= 15 is 0 Å². The number of nitrogens with zero attached hydrogens (tertiary/aromatic N) is 2. The summed E-state index contributed by atoms with van der Waals surface area (Å²) in [5, 5.41) is 12.0. The summed E-state index contributed by atoms with van der Waals surface area (Å²) in [5.41, 5.74) is 3.30. The number of amidine groups is 1. The third-order valence-electron chi connectivity index (χ3n) is 6.27. The lowest BCUT2D eigenvalue weighted by atomic mass is 9.99. The van der Waals surface area contributed by atoms with Gasteiger partial charge in [0.1, 0.15) is 5.69 Å². The van der Waals surface area contributed by atoms with E-state index in [0.717, 1.165) is 28.7 Å². The number of aliphatic hydroxyl groups is 1. The second-order valence-corrected chi connectivity index (χ2v) is 9.14. The van der Waals surface area contributed by atoms with Crippen LogP contribution in [0.2, 0.25) is 0 Å². The van der Waals surface area contributed by atoms with E-state index in [9.17, 15) is 5.11 Å². The molecule has 0 aromatic heterocycles. The molecule has 5 rings (SSSR count). The van der Waals surface area contributed by atoms with Crippen LogP contribution in [0.1, 0.15) is 31.2 Å². The van der Waals surface area contributed by atoms with Gasteiger partial charge in [-0.3, -0.25) is 4.58 Å². The maximum atomic E-state index is 12.0. The Labute approximate surface area is 186 Å². The monoisotopic (exact) mass is 461 g/mol. The van der Waals surface area contributed by atoms with Crippen LogP contribution in [0.3, 0.4) is 0 Å². The van der Waals surface area contributed by atoms with Gasteiger partial charge < -0.3 is 5.11 Å². The summed E-state index contributed by atoms with van der Waals surface area (Å²) in [6.45, 7) is 1.61. The van der Waals surface area contributed by atoms with Crippen molar-refractivity contribution in [1.29, 1.82) is 0 Å². The first-order chi connectivity index (χ1) is 14.6. The second kappa shape index (κ2) is 8.01. The van der Waals surface area contributed by atoms with E-state index in [0.29, 0.717) is 6.54 Å². The average molecular weight is 462 g/mol. The molecule has 3 aromatic rings. The van der Waals surface area contributed by atoms with Crippen LogP contribution in [-0.2, 0) is 5.72 Å². The van der Waals surface area contributed by atoms with Crippen molar-refractivity contribution in [1.82, 2.24) is 0 Å². The van der Waals surface area contributed by atoms with Crippen LogP contribution >= 0.6 is 15.9 Å². The summed E-state index contributed by atoms with van der Waals surface area (Å²) in [5.74, 6) is 1.24. The summed E-state index contributed by atoms with van der Waals surface area (Å²) in [4.78, 5) is 2.18. The van der Waals surface area contributed by atoms with Crippen molar-refractivity contribution in [3.63, 3.8) is 0 Å². The Balaban J connectivity index is 1.57. The molecule has 4 heteroatoms. The molecule has 2 aliphatic rings. The molecule has 1 atom stereocenters. The van der Waals surface area contributed by atoms with Gasteiger partial charge in [0.05, 0.1) is 6.54 Å². The van der Waals surface area contributed by atoms with E-state index < -0.39 is 5.72 Å². The van der Waals surface area contributed by atoms with Crippen LogP contribution in [0.25, 0.3) is 11.1 Å². The predicted octanol–water partition coefficient (Wildman–Crippen LogP) is 5.77. The normalized spacial score (nSPS) is 21.5. The highest BCUT2D eigenvalue weighted by Crippen LogP contribution is 2.38. The van der Waals surface area contributed by atoms with E-state index in [4.69, 9.17) is 0 Å². The molecule has 3 aromatic carbocycles. The third kappa shape index (κ3) is 3.48. The molecular weight excluding hydrogens is 436 g/mol. The Morgan fingerprint density at radius 2 is 1.50 bits per heavy atom. The van der Waals surface area contributed by atoms with Crippen molar-refractivity contribution in [2.75, 3.05) is 18.0 Å². The Bertz CT molecular complexity index is 1060. The van der Waals surface area contributed by atoms with Gasteiger partial charge in [0.25, 0.3) is 11.6 Å². The van der Waals surface area contributed by atoms with Gasteiger partial charge in [-0.1, -0.05) is 70.5 Å². The highest BCUT2D eigenvalue weighted by molar-refractivity contribution is 9.10. The van der Waals surface area contributed by atoms with E-state index in [-0.39, 0.29) is 0 Å². The highest BCUT2D eigenvalue weighted by atomic mass is 79.9. The zero-order valence-electron chi connectivity index (χ0n) is 17.0. The molecule has 0 amide bonds. The number of hydrogen-bond acceptors (Lipinski definition) is 2. The zero-order chi connectivity index (χ0) is 20.6. The number of benzene rings is 3. The van der Waals surface area contributed by atoms with E-state index in [1.165, 1.54) is 36.2 Å². The zero-order valence-corrected chi connectivity index (χ0v) is 18.6. The molecule has 0 aliphatic carbocycles. The molecule has 0 bridgehead atoms. The standard InChI is InChI=1S/C26H26BrN2O/c27-23-14-12-22(13-15-23)26(30)19-28-18-6-2-5-9-25(28)29(26)24-16-10-21(11-17-24)20-7-3-1-4-8-20/h1,3-4,7-8,10-17,30H,2,5-6,9,18-19H2/q+1/t26-/m1/s1. The van der Waals surface area contributed by atoms with Gasteiger partial charge in [-0.15, -0.1) is 0 Å². The van der Waals surface area contributed by atoms with Gasteiger partial charge in [-0.25, -0.2) is 0 Å². The molecule has 30 heavy (non-hydrogen) atoms. The van der Waals surface area contributed by atoms with Crippen molar-refractivity contribution in [2.45, 2.75) is 31.4 Å². The summed E-state index contributed by atoms with van der Waals surface area (Å²) in [6, 6.07) is 27.1. The largest absolute Gasteiger partial charge is 0.346 e. The number of anilines is 1. The third-order valence-corrected chi connectivity index (χ3v) is 6.80. The van der Waals surface area contributed by atoms with Crippen molar-refractivity contribution >= 4 is 27.5 Å². The summed E-state index contributed by atoms with van der Waals surface area (Å²) in [6.07, 6.45) is 4.60. The van der Waals surface area contributed by atoms with Gasteiger partial charge in [0, 0.05) is 16.5 Å². The molecule has 3 nitrogen and oxygen atoms in total. The van der Waals surface area contributed by atoms with Gasteiger partial charge in [-0.2, -0.15) is 4.90 Å². The fourth-order valence-corrected chi connectivity index (χ4v) is 5.02. The molecule has 0 saturated heterocycles. The van der Waals surface area contributed by atoms with Gasteiger partial charge in [0.15, 0.2) is 6.54 Å². The fraction of sp³-hybridized carbons (Fsp3) is 0.269. The first kappa shape index (κ1) is 19.5. The molecule has 0 saturated carbocycles. The summed E-state index contributed by atoms with van der Waals surface area (Å²) < 4.78 is 3.41. The van der Waals surface area contributed by atoms with Gasteiger partial charge in [0.2, 0.25) is 0 Å². The van der Waals surface area contributed by atoms with Crippen LogP contribution in [-0.4, -0.2) is 28.6 Å². The minimum Gasteiger partial charge on any atom is -0.346 e. The molecular formula is C26H26BrN2O+. The van der Waals surface area contributed by atoms with Crippen molar-refractivity contribution in [3.05, 3.63) is 88.9 Å². The first-order valence-electron chi connectivity index (χ1n) is 10.7. The maximum Gasteiger partial charge on any atom is 0.275 e. The van der Waals surface area contributed by atoms with Gasteiger partial charge >= 0.3 is 0 Å². The Morgan fingerprint density at radius 3 is 2.23 bits per heavy atom. The highest BCUT2D eigenvalue weighted by Gasteiger charge is 2.53. The van der Waals surface area contributed by atoms with Crippen LogP contribution in [0, 0.1) is 0 Å². The second-order valence-electron chi connectivity index (χ2n) is 8.22. The lowest BCUT2D eigenvalue weighted by molar-refractivity contribution is -0.534. The lowest BCUT2D eigenvalue weighted by Gasteiger charge is -2.29. The van der Waals surface area contributed by atoms with Crippen molar-refractivity contribution in [3.8, 4) is 11.1 Å². The molecule has 0 fully saturated rings. The predicted molar refractivity (Wildman–Crippen MR) is 126 cm³/mol. The maximum absolute atomic E-state index is 12.0. The van der Waals surface area contributed by atoms with E-state index in [1.54, 1.807) is 0 Å². The lowest BCUT2D eigenvalue weighted by Crippen LogP contribution is -2.47. The van der Waals surface area contributed by atoms with Gasteiger partial charge in [-0.05, 0) is 54.7 Å². The molecule has 0 unspecified atom stereocenters. The molecule has 152 valence electrons. The SMILES string of the molecule is O[C@@]1(c2ccc(Br)cc2)C[N+]2=C(CCCCC2)N1c1ccc(-c2ccccc2)cc1. The van der Waals surface area contributed by atoms with Crippen LogP contribution in [0.5, 0.6) is 0 Å². The smallest absolute Gasteiger partial charge is 0.275 e. The summed E-state index contributed by atoms with van der Waals surface area (Å²) >= 11 is 3.52. The number of hydrogen-bond donors (Lipinski definition) is 1. The molecule has 2 aliphatic heterocycles. The van der Waals surface area contributed by atoms with Crippen molar-refractivity contribution < 1.29 is 9.68 Å². The number of rotatable bonds is 3. The Hall–Kier alpha value is -2.43. The average Bonchev–Trinajstić information content (AvgIpc) is 2.90. The molecule has 2 heterocycles. The fourth-order valence-electron chi connectivity index (χ4n) is 4.76.